The molecule has 1 aliphatic rings. The van der Waals surface area contributed by atoms with Gasteiger partial charge in [0.1, 0.15) is 5.69 Å². The largest absolute Gasteiger partial charge is 0.353 e. The molecule has 3 rings (SSSR count). The van der Waals surface area contributed by atoms with Crippen LogP contribution in [0.1, 0.15) is 28.2 Å². The van der Waals surface area contributed by atoms with Gasteiger partial charge in [-0.25, -0.2) is 0 Å². The second-order valence-electron chi connectivity index (χ2n) is 5.61. The number of carbonyl (C=O) groups is 2. The normalized spacial score (nSPS) is 15.4. The summed E-state index contributed by atoms with van der Waals surface area (Å²) in [6, 6.07) is 9.42. The molecule has 120 valence electrons. The third kappa shape index (κ3) is 4.16. The Labute approximate surface area is 139 Å². The highest BCUT2D eigenvalue weighted by Crippen LogP contribution is 2.14. The molecular formula is C17H19N3O2S. The van der Waals surface area contributed by atoms with E-state index in [1.165, 1.54) is 0 Å². The monoisotopic (exact) mass is 329 g/mol. The van der Waals surface area contributed by atoms with E-state index < -0.39 is 0 Å². The Kier molecular flexibility index (Phi) is 5.02. The van der Waals surface area contributed by atoms with Crippen LogP contribution in [0.2, 0.25) is 0 Å². The molecule has 6 heteroatoms. The van der Waals surface area contributed by atoms with Crippen LogP contribution in [-0.4, -0.2) is 40.8 Å². The van der Waals surface area contributed by atoms with Crippen molar-refractivity contribution >= 4 is 23.2 Å². The number of rotatable bonds is 4. The van der Waals surface area contributed by atoms with Gasteiger partial charge in [-0.05, 0) is 36.4 Å². The molecule has 1 saturated heterocycles. The summed E-state index contributed by atoms with van der Waals surface area (Å²) >= 11 is 1.59. The smallest absolute Gasteiger partial charge is 0.272 e. The lowest BCUT2D eigenvalue weighted by Crippen LogP contribution is -2.47. The summed E-state index contributed by atoms with van der Waals surface area (Å²) in [5.41, 5.74) is 0.479. The number of carbonyl (C=O) groups excluding carboxylic acids is 2. The first kappa shape index (κ1) is 15.7. The van der Waals surface area contributed by atoms with E-state index in [-0.39, 0.29) is 17.9 Å². The van der Waals surface area contributed by atoms with Crippen LogP contribution in [0.15, 0.2) is 41.9 Å². The Bertz CT molecular complexity index is 650. The van der Waals surface area contributed by atoms with E-state index in [9.17, 15) is 9.59 Å². The molecule has 1 N–H and O–H groups in total. The maximum atomic E-state index is 12.3. The van der Waals surface area contributed by atoms with Crippen molar-refractivity contribution in [1.82, 2.24) is 15.2 Å². The summed E-state index contributed by atoms with van der Waals surface area (Å²) in [4.78, 5) is 31.3. The van der Waals surface area contributed by atoms with E-state index in [1.54, 1.807) is 29.7 Å². The van der Waals surface area contributed by atoms with Gasteiger partial charge in [0, 0.05) is 30.2 Å². The second-order valence-corrected chi connectivity index (χ2v) is 6.64. The van der Waals surface area contributed by atoms with Crippen LogP contribution in [0.25, 0.3) is 0 Å². The van der Waals surface area contributed by atoms with Crippen molar-refractivity contribution in [1.29, 1.82) is 0 Å². The number of piperidine rings is 1. The Morgan fingerprint density at radius 1 is 1.22 bits per heavy atom. The highest BCUT2D eigenvalue weighted by molar-refractivity contribution is 7.10. The second kappa shape index (κ2) is 7.37. The van der Waals surface area contributed by atoms with Crippen LogP contribution in [-0.2, 0) is 11.2 Å². The molecule has 2 aromatic heterocycles. The molecule has 0 atom stereocenters. The van der Waals surface area contributed by atoms with Crippen molar-refractivity contribution in [3.05, 3.63) is 52.5 Å². The number of thiophene rings is 1. The number of hydrogen-bond donors (Lipinski definition) is 1. The van der Waals surface area contributed by atoms with Crippen molar-refractivity contribution in [3.8, 4) is 0 Å². The van der Waals surface area contributed by atoms with Gasteiger partial charge in [-0.15, -0.1) is 11.3 Å². The third-order valence-electron chi connectivity index (χ3n) is 3.95. The third-order valence-corrected chi connectivity index (χ3v) is 4.82. The molecule has 2 aromatic rings. The fourth-order valence-electron chi connectivity index (χ4n) is 2.73. The zero-order valence-electron chi connectivity index (χ0n) is 12.8. The van der Waals surface area contributed by atoms with Crippen LogP contribution in [0.4, 0.5) is 0 Å². The van der Waals surface area contributed by atoms with Gasteiger partial charge in [-0.1, -0.05) is 12.1 Å². The van der Waals surface area contributed by atoms with Gasteiger partial charge in [-0.3, -0.25) is 14.6 Å². The van der Waals surface area contributed by atoms with Gasteiger partial charge in [0.05, 0.1) is 6.42 Å². The molecule has 1 aliphatic heterocycles. The van der Waals surface area contributed by atoms with E-state index in [0.29, 0.717) is 25.2 Å². The number of pyridine rings is 1. The van der Waals surface area contributed by atoms with Crippen molar-refractivity contribution < 1.29 is 9.59 Å². The highest BCUT2D eigenvalue weighted by Gasteiger charge is 2.25. The molecule has 0 aromatic carbocycles. The van der Waals surface area contributed by atoms with E-state index >= 15 is 0 Å². The summed E-state index contributed by atoms with van der Waals surface area (Å²) in [7, 11) is 0. The molecule has 0 saturated carbocycles. The molecule has 0 unspecified atom stereocenters. The molecular weight excluding hydrogens is 310 g/mol. The fraction of sp³-hybridized carbons (Fsp3) is 0.353. The molecule has 1 fully saturated rings. The average Bonchev–Trinajstić information content (AvgIpc) is 3.08. The summed E-state index contributed by atoms with van der Waals surface area (Å²) in [5.74, 6) is 0.0240. The molecule has 0 bridgehead atoms. The van der Waals surface area contributed by atoms with Crippen LogP contribution < -0.4 is 5.32 Å². The van der Waals surface area contributed by atoms with Crippen molar-refractivity contribution in [2.75, 3.05) is 13.1 Å². The van der Waals surface area contributed by atoms with Crippen LogP contribution in [0.5, 0.6) is 0 Å². The maximum Gasteiger partial charge on any atom is 0.272 e. The van der Waals surface area contributed by atoms with E-state index in [1.807, 2.05) is 28.5 Å². The molecule has 0 radical (unpaired) electrons. The number of nitrogens with zero attached hydrogens (tertiary/aromatic N) is 2. The predicted molar refractivity (Wildman–Crippen MR) is 89.3 cm³/mol. The Balaban J connectivity index is 1.47. The van der Waals surface area contributed by atoms with Crippen molar-refractivity contribution in [2.45, 2.75) is 25.3 Å². The van der Waals surface area contributed by atoms with E-state index in [2.05, 4.69) is 10.3 Å². The van der Waals surface area contributed by atoms with Crippen molar-refractivity contribution in [3.63, 3.8) is 0 Å². The van der Waals surface area contributed by atoms with E-state index in [4.69, 9.17) is 0 Å². The van der Waals surface area contributed by atoms with Gasteiger partial charge in [0.15, 0.2) is 0 Å². The number of aromatic nitrogens is 1. The van der Waals surface area contributed by atoms with Gasteiger partial charge in [0.2, 0.25) is 5.91 Å². The number of amides is 2. The minimum absolute atomic E-state index is 0.0334. The molecule has 3 heterocycles. The van der Waals surface area contributed by atoms with Gasteiger partial charge in [0.25, 0.3) is 5.91 Å². The topological polar surface area (TPSA) is 62.3 Å². The van der Waals surface area contributed by atoms with Gasteiger partial charge >= 0.3 is 0 Å². The molecule has 0 aliphatic carbocycles. The van der Waals surface area contributed by atoms with E-state index in [0.717, 1.165) is 17.7 Å². The number of hydrogen-bond acceptors (Lipinski definition) is 4. The Morgan fingerprint density at radius 3 is 2.70 bits per heavy atom. The quantitative estimate of drug-likeness (QED) is 0.934. The number of nitrogens with one attached hydrogen (secondary N) is 1. The standard InChI is InChI=1S/C17H19N3O2S/c21-16(12-14-4-3-11-23-14)19-13-6-9-20(10-7-13)17(22)15-5-1-2-8-18-15/h1-5,8,11,13H,6-7,9-10,12H2,(H,19,21). The highest BCUT2D eigenvalue weighted by atomic mass is 32.1. The van der Waals surface area contributed by atoms with Crippen LogP contribution in [0.3, 0.4) is 0 Å². The molecule has 5 nitrogen and oxygen atoms in total. The fourth-order valence-corrected chi connectivity index (χ4v) is 3.43. The molecule has 2 amide bonds. The lowest BCUT2D eigenvalue weighted by Gasteiger charge is -2.32. The van der Waals surface area contributed by atoms with Gasteiger partial charge in [-0.2, -0.15) is 0 Å². The summed E-state index contributed by atoms with van der Waals surface area (Å²) in [6.45, 7) is 1.30. The van der Waals surface area contributed by atoms with Crippen molar-refractivity contribution in [2.24, 2.45) is 0 Å². The first-order chi connectivity index (χ1) is 11.2. The lowest BCUT2D eigenvalue weighted by atomic mass is 10.0. The maximum absolute atomic E-state index is 12.3. The minimum Gasteiger partial charge on any atom is -0.353 e. The molecule has 0 spiro atoms. The average molecular weight is 329 g/mol. The lowest BCUT2D eigenvalue weighted by molar-refractivity contribution is -0.121. The number of likely N-dealkylation sites (tertiary alicyclic amines) is 1. The SMILES string of the molecule is O=C(Cc1cccs1)NC1CCN(C(=O)c2ccccn2)CC1. The first-order valence-corrected chi connectivity index (χ1v) is 8.62. The predicted octanol–water partition coefficient (Wildman–Crippen LogP) is 2.11. The minimum atomic E-state index is -0.0334. The molecule has 23 heavy (non-hydrogen) atoms. The first-order valence-electron chi connectivity index (χ1n) is 7.74. The summed E-state index contributed by atoms with van der Waals surface area (Å²) < 4.78 is 0. The zero-order valence-corrected chi connectivity index (χ0v) is 13.6. The van der Waals surface area contributed by atoms with Crippen LogP contribution >= 0.6 is 11.3 Å². The van der Waals surface area contributed by atoms with Gasteiger partial charge < -0.3 is 10.2 Å². The zero-order chi connectivity index (χ0) is 16.1. The summed E-state index contributed by atoms with van der Waals surface area (Å²) in [5, 5.41) is 5.05. The van der Waals surface area contributed by atoms with Crippen LogP contribution in [0, 0.1) is 0 Å². The Morgan fingerprint density at radius 2 is 2.04 bits per heavy atom. The summed E-state index contributed by atoms with van der Waals surface area (Å²) in [6.07, 6.45) is 3.64. The Hall–Kier alpha value is -2.21.